The Hall–Kier alpha value is -1.52. The third-order valence-electron chi connectivity index (χ3n) is 3.77. The van der Waals surface area contributed by atoms with Crippen LogP contribution in [0.15, 0.2) is 12.1 Å². The second-order valence-corrected chi connectivity index (χ2v) is 5.55. The predicted octanol–water partition coefficient (Wildman–Crippen LogP) is 4.76. The summed E-state index contributed by atoms with van der Waals surface area (Å²) in [6.07, 6.45) is -4.07. The second-order valence-electron chi connectivity index (χ2n) is 5.55. The summed E-state index contributed by atoms with van der Waals surface area (Å²) in [5, 5.41) is 0. The molecule has 0 aromatic heterocycles. The molecule has 0 radical (unpaired) electrons. The quantitative estimate of drug-likeness (QED) is 0.731. The standard InChI is InChI=1S/C15H18F3NO.C2H6/c1-9(2)11-6-12-8-19(10(3)20)5-4-13(12)14(7-11)15(16,17)18;1-2/h6-7,9H,4-5,8H2,1-3H3;1-2H3. The average molecular weight is 315 g/mol. The van der Waals surface area contributed by atoms with Gasteiger partial charge in [0, 0.05) is 20.0 Å². The molecule has 22 heavy (non-hydrogen) atoms. The molecule has 1 aliphatic rings. The minimum atomic E-state index is -4.34. The molecule has 0 saturated heterocycles. The lowest BCUT2D eigenvalue weighted by Gasteiger charge is -2.30. The third-order valence-corrected chi connectivity index (χ3v) is 3.77. The first-order chi connectivity index (χ1) is 10.2. The van der Waals surface area contributed by atoms with Crippen LogP contribution in [0.5, 0.6) is 0 Å². The first-order valence-corrected chi connectivity index (χ1v) is 7.68. The summed E-state index contributed by atoms with van der Waals surface area (Å²) >= 11 is 0. The number of alkyl halides is 3. The molecule has 1 aliphatic heterocycles. The van der Waals surface area contributed by atoms with Crippen LogP contribution in [0.3, 0.4) is 0 Å². The van der Waals surface area contributed by atoms with E-state index in [0.717, 1.165) is 0 Å². The van der Waals surface area contributed by atoms with Crippen molar-refractivity contribution in [2.45, 2.75) is 59.7 Å². The number of hydrogen-bond acceptors (Lipinski definition) is 1. The van der Waals surface area contributed by atoms with Crippen LogP contribution in [-0.4, -0.2) is 17.4 Å². The third kappa shape index (κ3) is 4.02. The maximum absolute atomic E-state index is 13.2. The van der Waals surface area contributed by atoms with E-state index in [-0.39, 0.29) is 24.8 Å². The molecule has 1 amide bonds. The van der Waals surface area contributed by atoms with Crippen LogP contribution in [0, 0.1) is 0 Å². The van der Waals surface area contributed by atoms with Crippen LogP contribution in [0.25, 0.3) is 0 Å². The highest BCUT2D eigenvalue weighted by atomic mass is 19.4. The highest BCUT2D eigenvalue weighted by molar-refractivity contribution is 5.73. The number of amides is 1. The van der Waals surface area contributed by atoms with E-state index < -0.39 is 11.7 Å². The van der Waals surface area contributed by atoms with E-state index in [4.69, 9.17) is 0 Å². The minimum absolute atomic E-state index is 0.0223. The zero-order valence-corrected chi connectivity index (χ0v) is 13.8. The summed E-state index contributed by atoms with van der Waals surface area (Å²) < 4.78 is 39.6. The molecule has 1 aromatic rings. The first kappa shape index (κ1) is 18.5. The molecule has 0 fully saturated rings. The van der Waals surface area contributed by atoms with Crippen LogP contribution in [0.1, 0.15) is 62.8 Å². The van der Waals surface area contributed by atoms with Crippen molar-refractivity contribution in [2.75, 3.05) is 6.54 Å². The van der Waals surface area contributed by atoms with Crippen molar-refractivity contribution in [3.8, 4) is 0 Å². The molecule has 0 bridgehead atoms. The number of halogens is 3. The van der Waals surface area contributed by atoms with E-state index in [1.807, 2.05) is 33.8 Å². The van der Waals surface area contributed by atoms with Gasteiger partial charge >= 0.3 is 6.18 Å². The summed E-state index contributed by atoms with van der Waals surface area (Å²) in [5.74, 6) is -0.0757. The van der Waals surface area contributed by atoms with E-state index in [2.05, 4.69) is 0 Å². The van der Waals surface area contributed by atoms with Crippen molar-refractivity contribution in [1.29, 1.82) is 0 Å². The van der Waals surface area contributed by atoms with E-state index >= 15 is 0 Å². The molecule has 5 heteroatoms. The molecule has 0 N–H and O–H groups in total. The summed E-state index contributed by atoms with van der Waals surface area (Å²) in [5.41, 5.74) is 1.10. The lowest BCUT2D eigenvalue weighted by Crippen LogP contribution is -2.35. The van der Waals surface area contributed by atoms with E-state index in [1.165, 1.54) is 13.0 Å². The highest BCUT2D eigenvalue weighted by Crippen LogP contribution is 2.37. The fraction of sp³-hybridized carbons (Fsp3) is 0.588. The molecule has 0 saturated carbocycles. The molecule has 0 spiro atoms. The fourth-order valence-corrected chi connectivity index (χ4v) is 2.58. The molecule has 1 aromatic carbocycles. The smallest absolute Gasteiger partial charge is 0.338 e. The monoisotopic (exact) mass is 315 g/mol. The highest BCUT2D eigenvalue weighted by Gasteiger charge is 2.36. The largest absolute Gasteiger partial charge is 0.416 e. The van der Waals surface area contributed by atoms with Crippen LogP contribution in [-0.2, 0) is 23.9 Å². The summed E-state index contributed by atoms with van der Waals surface area (Å²) in [6.45, 7) is 9.81. The second kappa shape index (κ2) is 7.16. The van der Waals surface area contributed by atoms with Gasteiger partial charge in [-0.05, 0) is 35.1 Å². The van der Waals surface area contributed by atoms with Crippen molar-refractivity contribution in [2.24, 2.45) is 0 Å². The SMILES string of the molecule is CC.CC(=O)N1CCc2c(cc(C(C)C)cc2C(F)(F)F)C1. The lowest BCUT2D eigenvalue weighted by atomic mass is 9.89. The van der Waals surface area contributed by atoms with Gasteiger partial charge in [-0.1, -0.05) is 33.8 Å². The normalized spacial score (nSPS) is 14.3. The number of nitrogens with zero attached hydrogens (tertiary/aromatic N) is 1. The van der Waals surface area contributed by atoms with E-state index in [1.54, 1.807) is 4.90 Å². The zero-order valence-electron chi connectivity index (χ0n) is 13.8. The van der Waals surface area contributed by atoms with E-state index in [0.29, 0.717) is 23.2 Å². The summed E-state index contributed by atoms with van der Waals surface area (Å²) in [4.78, 5) is 13.0. The summed E-state index contributed by atoms with van der Waals surface area (Å²) in [7, 11) is 0. The van der Waals surface area contributed by atoms with Crippen LogP contribution < -0.4 is 0 Å². The Morgan fingerprint density at radius 1 is 1.23 bits per heavy atom. The van der Waals surface area contributed by atoms with Gasteiger partial charge in [-0.15, -0.1) is 0 Å². The predicted molar refractivity (Wildman–Crippen MR) is 81.7 cm³/mol. The van der Waals surface area contributed by atoms with Gasteiger partial charge in [-0.25, -0.2) is 0 Å². The van der Waals surface area contributed by atoms with Crippen molar-refractivity contribution in [3.63, 3.8) is 0 Å². The Morgan fingerprint density at radius 3 is 2.27 bits per heavy atom. The van der Waals surface area contributed by atoms with E-state index in [9.17, 15) is 18.0 Å². The van der Waals surface area contributed by atoms with Crippen LogP contribution in [0.2, 0.25) is 0 Å². The number of fused-ring (bicyclic) bond motifs is 1. The molecule has 0 atom stereocenters. The average Bonchev–Trinajstić information content (AvgIpc) is 2.46. The van der Waals surface area contributed by atoms with Gasteiger partial charge in [0.2, 0.25) is 5.91 Å². The molecule has 124 valence electrons. The zero-order chi connectivity index (χ0) is 17.1. The number of rotatable bonds is 1. The number of carbonyl (C=O) groups excluding carboxylic acids is 1. The van der Waals surface area contributed by atoms with Crippen molar-refractivity contribution < 1.29 is 18.0 Å². The fourth-order valence-electron chi connectivity index (χ4n) is 2.58. The molecular weight excluding hydrogens is 291 g/mol. The molecule has 1 heterocycles. The molecule has 2 rings (SSSR count). The number of carbonyl (C=O) groups is 1. The van der Waals surface area contributed by atoms with Gasteiger partial charge in [-0.2, -0.15) is 13.2 Å². The first-order valence-electron chi connectivity index (χ1n) is 7.68. The van der Waals surface area contributed by atoms with Gasteiger partial charge in [0.1, 0.15) is 0 Å². The van der Waals surface area contributed by atoms with Gasteiger partial charge < -0.3 is 4.90 Å². The van der Waals surface area contributed by atoms with Gasteiger partial charge in [0.05, 0.1) is 5.56 Å². The number of benzene rings is 1. The Morgan fingerprint density at radius 2 is 1.82 bits per heavy atom. The minimum Gasteiger partial charge on any atom is -0.338 e. The van der Waals surface area contributed by atoms with Crippen molar-refractivity contribution in [3.05, 3.63) is 34.4 Å². The summed E-state index contributed by atoms with van der Waals surface area (Å²) in [6, 6.07) is 3.07. The van der Waals surface area contributed by atoms with Gasteiger partial charge in [-0.3, -0.25) is 4.79 Å². The van der Waals surface area contributed by atoms with Crippen molar-refractivity contribution >= 4 is 5.91 Å². The number of hydrogen-bond donors (Lipinski definition) is 0. The topological polar surface area (TPSA) is 20.3 Å². The Labute approximate surface area is 130 Å². The Balaban J connectivity index is 0.00000116. The maximum atomic E-state index is 13.2. The Kier molecular flexibility index (Phi) is 6.03. The Bertz CT molecular complexity index is 535. The molecular formula is C17H24F3NO. The molecule has 0 aliphatic carbocycles. The van der Waals surface area contributed by atoms with Crippen LogP contribution >= 0.6 is 0 Å². The lowest BCUT2D eigenvalue weighted by molar-refractivity contribution is -0.138. The maximum Gasteiger partial charge on any atom is 0.416 e. The van der Waals surface area contributed by atoms with Crippen LogP contribution in [0.4, 0.5) is 13.2 Å². The van der Waals surface area contributed by atoms with Gasteiger partial charge in [0.25, 0.3) is 0 Å². The molecule has 0 unspecified atom stereocenters. The van der Waals surface area contributed by atoms with Crippen molar-refractivity contribution in [1.82, 2.24) is 4.90 Å². The molecule has 2 nitrogen and oxygen atoms in total. The van der Waals surface area contributed by atoms with Gasteiger partial charge in [0.15, 0.2) is 0 Å².